The van der Waals surface area contributed by atoms with Crippen LogP contribution in [0.15, 0.2) is 53.1 Å². The van der Waals surface area contributed by atoms with E-state index >= 15 is 0 Å². The van der Waals surface area contributed by atoms with E-state index < -0.39 is 13.7 Å². The molecule has 3 aromatic heterocycles. The maximum atomic E-state index is 7.50. The Morgan fingerprint density at radius 1 is 1.00 bits per heavy atom. The average molecular weight is 280 g/mol. The SMILES string of the molecule is [2H]C([2H])([2H])c1ccc(-c2cccc3c2oc2nc(C([2H])([2H])[2H])ccc23)nc1. The van der Waals surface area contributed by atoms with Gasteiger partial charge in [-0.3, -0.25) is 4.98 Å². The summed E-state index contributed by atoms with van der Waals surface area (Å²) in [6.07, 6.45) is 1.33. The lowest BCUT2D eigenvalue weighted by Crippen LogP contribution is -1.84. The summed E-state index contributed by atoms with van der Waals surface area (Å²) in [6.45, 7) is -4.53. The second kappa shape index (κ2) is 4.42. The number of furan rings is 1. The van der Waals surface area contributed by atoms with Crippen LogP contribution in [0.5, 0.6) is 0 Å². The van der Waals surface area contributed by atoms with Gasteiger partial charge in [-0.2, -0.15) is 0 Å². The highest BCUT2D eigenvalue weighted by Crippen LogP contribution is 2.34. The zero-order chi connectivity index (χ0) is 19.4. The van der Waals surface area contributed by atoms with Crippen molar-refractivity contribution in [3.8, 4) is 11.3 Å². The van der Waals surface area contributed by atoms with E-state index in [9.17, 15) is 0 Å². The quantitative estimate of drug-likeness (QED) is 0.509. The molecular formula is C18H14N2O. The molecule has 0 bridgehead atoms. The summed E-state index contributed by atoms with van der Waals surface area (Å²) >= 11 is 0. The van der Waals surface area contributed by atoms with Gasteiger partial charge in [0, 0.05) is 36.5 Å². The van der Waals surface area contributed by atoms with Gasteiger partial charge < -0.3 is 4.42 Å². The molecule has 102 valence electrons. The molecule has 21 heavy (non-hydrogen) atoms. The number of rotatable bonds is 1. The monoisotopic (exact) mass is 280 g/mol. The Hall–Kier alpha value is -2.68. The van der Waals surface area contributed by atoms with Gasteiger partial charge in [-0.15, -0.1) is 0 Å². The molecule has 0 atom stereocenters. The van der Waals surface area contributed by atoms with Crippen molar-refractivity contribution in [3.05, 3.63) is 59.9 Å². The number of para-hydroxylation sites is 1. The van der Waals surface area contributed by atoms with Crippen LogP contribution in [0.3, 0.4) is 0 Å². The Kier molecular flexibility index (Phi) is 1.55. The zero-order valence-electron chi connectivity index (χ0n) is 16.9. The van der Waals surface area contributed by atoms with E-state index in [0.717, 1.165) is 5.39 Å². The summed E-state index contributed by atoms with van der Waals surface area (Å²) in [5, 5.41) is 1.49. The standard InChI is InChI=1S/C18H14N2O/c1-11-6-9-16(19-10-11)15-5-3-4-13-14-8-7-12(2)20-18(14)21-17(13)15/h3-10H,1-2H3/i1D3,2D3. The van der Waals surface area contributed by atoms with Gasteiger partial charge in [-0.25, -0.2) is 4.98 Å². The van der Waals surface area contributed by atoms with Crippen molar-refractivity contribution < 1.29 is 12.6 Å². The zero-order valence-corrected chi connectivity index (χ0v) is 10.9. The lowest BCUT2D eigenvalue weighted by Gasteiger charge is -2.01. The van der Waals surface area contributed by atoms with Crippen LogP contribution < -0.4 is 0 Å². The summed E-state index contributed by atoms with van der Waals surface area (Å²) in [5.41, 5.74) is 2.13. The molecule has 0 N–H and O–H groups in total. The average Bonchev–Trinajstić information content (AvgIpc) is 2.98. The number of fused-ring (bicyclic) bond motifs is 3. The molecule has 0 saturated heterocycles. The third kappa shape index (κ3) is 1.89. The lowest BCUT2D eigenvalue weighted by molar-refractivity contribution is 0.653. The molecule has 0 aliphatic rings. The highest BCUT2D eigenvalue weighted by atomic mass is 16.3. The van der Waals surface area contributed by atoms with E-state index in [2.05, 4.69) is 9.97 Å². The van der Waals surface area contributed by atoms with Crippen LogP contribution in [0, 0.1) is 13.7 Å². The van der Waals surface area contributed by atoms with Crippen molar-refractivity contribution in [2.24, 2.45) is 0 Å². The molecule has 0 fully saturated rings. The molecule has 0 saturated carbocycles. The molecule has 0 radical (unpaired) electrons. The molecular weight excluding hydrogens is 260 g/mol. The van der Waals surface area contributed by atoms with Crippen molar-refractivity contribution in [2.75, 3.05) is 0 Å². The Balaban J connectivity index is 1.89. The maximum absolute atomic E-state index is 7.50. The molecule has 0 aliphatic carbocycles. The molecule has 4 rings (SSSR count). The van der Waals surface area contributed by atoms with Gasteiger partial charge in [-0.05, 0) is 43.5 Å². The number of pyridine rings is 2. The van der Waals surface area contributed by atoms with Gasteiger partial charge in [0.25, 0.3) is 0 Å². The van der Waals surface area contributed by atoms with E-state index in [-0.39, 0.29) is 17.0 Å². The van der Waals surface area contributed by atoms with E-state index in [1.165, 1.54) is 18.3 Å². The first-order valence-corrected chi connectivity index (χ1v) is 6.44. The second-order valence-corrected chi connectivity index (χ2v) is 4.77. The number of hydrogen-bond acceptors (Lipinski definition) is 3. The Morgan fingerprint density at radius 2 is 2.00 bits per heavy atom. The molecule has 0 aliphatic heterocycles. The van der Waals surface area contributed by atoms with Crippen molar-refractivity contribution in [2.45, 2.75) is 13.7 Å². The maximum Gasteiger partial charge on any atom is 0.227 e. The molecule has 0 amide bonds. The summed E-state index contributed by atoms with van der Waals surface area (Å²) in [4.78, 5) is 8.40. The summed E-state index contributed by atoms with van der Waals surface area (Å²) in [5.74, 6) is 0. The van der Waals surface area contributed by atoms with Crippen LogP contribution in [-0.2, 0) is 0 Å². The van der Waals surface area contributed by atoms with Crippen LogP contribution in [0.1, 0.15) is 19.5 Å². The molecule has 0 unspecified atom stereocenters. The molecule has 4 aromatic rings. The normalized spacial score (nSPS) is 16.8. The van der Waals surface area contributed by atoms with Crippen LogP contribution in [-0.4, -0.2) is 9.97 Å². The van der Waals surface area contributed by atoms with Crippen molar-refractivity contribution in [3.63, 3.8) is 0 Å². The van der Waals surface area contributed by atoms with E-state index in [1.54, 1.807) is 12.1 Å². The Bertz CT molecular complexity index is 1140. The van der Waals surface area contributed by atoms with Crippen LogP contribution in [0.4, 0.5) is 0 Å². The van der Waals surface area contributed by atoms with Gasteiger partial charge in [0.2, 0.25) is 5.71 Å². The van der Waals surface area contributed by atoms with Gasteiger partial charge in [-0.1, -0.05) is 18.2 Å². The van der Waals surface area contributed by atoms with E-state index in [0.29, 0.717) is 22.2 Å². The number of aryl methyl sites for hydroxylation is 2. The third-order valence-corrected chi connectivity index (χ3v) is 3.40. The van der Waals surface area contributed by atoms with Crippen molar-refractivity contribution in [1.82, 2.24) is 9.97 Å². The van der Waals surface area contributed by atoms with Crippen molar-refractivity contribution in [1.29, 1.82) is 0 Å². The first kappa shape index (κ1) is 7.36. The van der Waals surface area contributed by atoms with Gasteiger partial charge in [0.05, 0.1) is 5.69 Å². The minimum Gasteiger partial charge on any atom is -0.437 e. The topological polar surface area (TPSA) is 38.9 Å². The van der Waals surface area contributed by atoms with Gasteiger partial charge in [0.1, 0.15) is 5.58 Å². The first-order chi connectivity index (χ1) is 12.6. The van der Waals surface area contributed by atoms with Crippen LogP contribution in [0.2, 0.25) is 0 Å². The first-order valence-electron chi connectivity index (χ1n) is 9.44. The molecule has 3 heterocycles. The lowest BCUT2D eigenvalue weighted by atomic mass is 10.1. The molecule has 3 nitrogen and oxygen atoms in total. The van der Waals surface area contributed by atoms with Crippen LogP contribution in [0.25, 0.3) is 33.3 Å². The Labute approximate surface area is 130 Å². The number of nitrogens with zero attached hydrogens (tertiary/aromatic N) is 2. The smallest absolute Gasteiger partial charge is 0.227 e. The van der Waals surface area contributed by atoms with Gasteiger partial charge in [0.15, 0.2) is 0 Å². The summed E-state index contributed by atoms with van der Waals surface area (Å²) < 4.78 is 50.7. The van der Waals surface area contributed by atoms with E-state index in [1.807, 2.05) is 18.2 Å². The van der Waals surface area contributed by atoms with Crippen molar-refractivity contribution >= 4 is 22.1 Å². The van der Waals surface area contributed by atoms with Gasteiger partial charge >= 0.3 is 0 Å². The number of hydrogen-bond donors (Lipinski definition) is 0. The molecule has 0 spiro atoms. The minimum atomic E-state index is -2.32. The molecule has 3 heteroatoms. The summed E-state index contributed by atoms with van der Waals surface area (Å²) in [6, 6.07) is 11.8. The predicted octanol–water partition coefficient (Wildman–Crippen LogP) is 4.66. The fourth-order valence-electron chi connectivity index (χ4n) is 2.43. The third-order valence-electron chi connectivity index (χ3n) is 3.40. The summed E-state index contributed by atoms with van der Waals surface area (Å²) in [7, 11) is 0. The Morgan fingerprint density at radius 3 is 2.81 bits per heavy atom. The van der Waals surface area contributed by atoms with Crippen LogP contribution >= 0.6 is 0 Å². The minimum absolute atomic E-state index is 0.0317. The van der Waals surface area contributed by atoms with E-state index in [4.69, 9.17) is 12.6 Å². The second-order valence-electron chi connectivity index (χ2n) is 4.77. The largest absolute Gasteiger partial charge is 0.437 e. The number of benzene rings is 1. The number of aromatic nitrogens is 2. The highest BCUT2D eigenvalue weighted by molar-refractivity contribution is 6.08. The molecule has 1 aromatic carbocycles. The fraction of sp³-hybridized carbons (Fsp3) is 0.111. The fourth-order valence-corrected chi connectivity index (χ4v) is 2.43. The highest BCUT2D eigenvalue weighted by Gasteiger charge is 2.13. The predicted molar refractivity (Wildman–Crippen MR) is 84.2 cm³/mol.